The average Bonchev–Trinajstić information content (AvgIpc) is 3.00. The van der Waals surface area contributed by atoms with E-state index in [0.29, 0.717) is 5.56 Å². The van der Waals surface area contributed by atoms with Crippen molar-refractivity contribution in [2.75, 3.05) is 4.90 Å². The Bertz CT molecular complexity index is 1320. The summed E-state index contributed by atoms with van der Waals surface area (Å²) in [7, 11) is 0. The maximum atomic E-state index is 13.2. The van der Waals surface area contributed by atoms with Gasteiger partial charge in [0.15, 0.2) is 0 Å². The Morgan fingerprint density at radius 3 is 2.31 bits per heavy atom. The molecular formula is C24H19Cl2N3O3. The molecule has 1 aromatic heterocycles. The van der Waals surface area contributed by atoms with Crippen LogP contribution in [0.1, 0.15) is 22.5 Å². The first-order chi connectivity index (χ1) is 15.2. The van der Waals surface area contributed by atoms with E-state index in [4.69, 9.17) is 23.2 Å². The highest BCUT2D eigenvalue weighted by molar-refractivity contribution is 6.43. The second-order valence-electron chi connectivity index (χ2n) is 7.56. The molecule has 162 valence electrons. The van der Waals surface area contributed by atoms with Crippen molar-refractivity contribution in [3.8, 4) is 5.69 Å². The van der Waals surface area contributed by atoms with E-state index in [2.05, 4.69) is 11.4 Å². The van der Waals surface area contributed by atoms with Crippen molar-refractivity contribution in [3.63, 3.8) is 0 Å². The number of anilines is 1. The molecule has 1 fully saturated rings. The van der Waals surface area contributed by atoms with E-state index >= 15 is 0 Å². The fourth-order valence-electron chi connectivity index (χ4n) is 3.77. The van der Waals surface area contributed by atoms with E-state index in [1.165, 1.54) is 24.3 Å². The number of nitrogens with zero attached hydrogens (tertiary/aromatic N) is 2. The largest absolute Gasteiger partial charge is 0.335 e. The van der Waals surface area contributed by atoms with Crippen molar-refractivity contribution in [1.82, 2.24) is 9.88 Å². The monoisotopic (exact) mass is 467 g/mol. The Labute approximate surface area is 195 Å². The Hall–Kier alpha value is -3.35. The van der Waals surface area contributed by atoms with Gasteiger partial charge >= 0.3 is 6.03 Å². The highest BCUT2D eigenvalue weighted by Crippen LogP contribution is 2.30. The van der Waals surface area contributed by atoms with Crippen molar-refractivity contribution < 1.29 is 14.4 Å². The molecule has 1 aliphatic rings. The van der Waals surface area contributed by atoms with Gasteiger partial charge in [0.2, 0.25) is 0 Å². The van der Waals surface area contributed by atoms with Crippen LogP contribution in [0.4, 0.5) is 10.5 Å². The molecule has 8 heteroatoms. The predicted octanol–water partition coefficient (Wildman–Crippen LogP) is 5.38. The number of hydrogen-bond donors (Lipinski definition) is 1. The standard InChI is InChI=1S/C24H19Cl2N3O3/c1-13-5-4-6-17(9-13)28-14(2)10-16(15(28)3)11-19-22(30)27-24(32)29(23(19)31)18-7-8-20(25)21(26)12-18/h4-12H,1-3H3,(H,27,30,32)/b19-11+. The summed E-state index contributed by atoms with van der Waals surface area (Å²) in [5, 5.41) is 2.70. The topological polar surface area (TPSA) is 71.4 Å². The normalized spacial score (nSPS) is 15.5. The van der Waals surface area contributed by atoms with Crippen LogP contribution in [0.25, 0.3) is 11.8 Å². The first-order valence-corrected chi connectivity index (χ1v) is 10.6. The van der Waals surface area contributed by atoms with Crippen LogP contribution in [-0.2, 0) is 9.59 Å². The van der Waals surface area contributed by atoms with Crippen LogP contribution in [0.15, 0.2) is 54.1 Å². The van der Waals surface area contributed by atoms with Gasteiger partial charge in [0.05, 0.1) is 15.7 Å². The molecule has 0 unspecified atom stereocenters. The van der Waals surface area contributed by atoms with Gasteiger partial charge in [-0.25, -0.2) is 9.69 Å². The molecule has 0 atom stereocenters. The van der Waals surface area contributed by atoms with Gasteiger partial charge in [-0.05, 0) is 74.4 Å². The SMILES string of the molecule is Cc1cccc(-n2c(C)cc(/C=C3\C(=O)NC(=O)N(c4ccc(Cl)c(Cl)c4)C3=O)c2C)c1. The summed E-state index contributed by atoms with van der Waals surface area (Å²) in [6, 6.07) is 13.5. The van der Waals surface area contributed by atoms with Crippen LogP contribution in [0, 0.1) is 20.8 Å². The summed E-state index contributed by atoms with van der Waals surface area (Å²) in [5.41, 5.74) is 4.67. The van der Waals surface area contributed by atoms with E-state index in [0.717, 1.165) is 27.5 Å². The van der Waals surface area contributed by atoms with Gasteiger partial charge in [-0.2, -0.15) is 0 Å². The molecule has 32 heavy (non-hydrogen) atoms. The van der Waals surface area contributed by atoms with E-state index in [1.54, 1.807) is 0 Å². The Kier molecular flexibility index (Phi) is 5.67. The van der Waals surface area contributed by atoms with Crippen molar-refractivity contribution in [2.24, 2.45) is 0 Å². The molecular weight excluding hydrogens is 449 g/mol. The molecule has 1 saturated heterocycles. The first kappa shape index (κ1) is 21.9. The second kappa shape index (κ2) is 8.30. The minimum atomic E-state index is -0.847. The number of amides is 4. The lowest BCUT2D eigenvalue weighted by molar-refractivity contribution is -0.122. The van der Waals surface area contributed by atoms with Gasteiger partial charge in [0.1, 0.15) is 5.57 Å². The fourth-order valence-corrected chi connectivity index (χ4v) is 4.06. The Balaban J connectivity index is 1.77. The van der Waals surface area contributed by atoms with Crippen LogP contribution < -0.4 is 10.2 Å². The summed E-state index contributed by atoms with van der Waals surface area (Å²) >= 11 is 12.0. The highest BCUT2D eigenvalue weighted by Gasteiger charge is 2.37. The van der Waals surface area contributed by atoms with Gasteiger partial charge in [-0.15, -0.1) is 0 Å². The zero-order valence-corrected chi connectivity index (χ0v) is 19.1. The molecule has 0 saturated carbocycles. The van der Waals surface area contributed by atoms with Crippen LogP contribution in [0.3, 0.4) is 0 Å². The molecule has 2 heterocycles. The van der Waals surface area contributed by atoms with Gasteiger partial charge in [-0.3, -0.25) is 14.9 Å². The number of rotatable bonds is 3. The average molecular weight is 468 g/mol. The number of barbiturate groups is 1. The second-order valence-corrected chi connectivity index (χ2v) is 8.37. The Morgan fingerprint density at radius 2 is 1.62 bits per heavy atom. The van der Waals surface area contributed by atoms with Crippen molar-refractivity contribution in [3.05, 3.63) is 86.7 Å². The minimum absolute atomic E-state index is 0.153. The number of halogens is 2. The summed E-state index contributed by atoms with van der Waals surface area (Å²) in [4.78, 5) is 39.0. The van der Waals surface area contributed by atoms with E-state index in [-0.39, 0.29) is 21.3 Å². The maximum Gasteiger partial charge on any atom is 0.335 e. The lowest BCUT2D eigenvalue weighted by Crippen LogP contribution is -2.54. The van der Waals surface area contributed by atoms with Gasteiger partial charge in [0, 0.05) is 17.1 Å². The van der Waals surface area contributed by atoms with Gasteiger partial charge < -0.3 is 4.57 Å². The van der Waals surface area contributed by atoms with E-state index in [1.807, 2.05) is 49.6 Å². The number of hydrogen-bond acceptors (Lipinski definition) is 3. The molecule has 3 aromatic rings. The summed E-state index contributed by atoms with van der Waals surface area (Å²) in [5.74, 6) is -1.49. The third-order valence-corrected chi connectivity index (χ3v) is 6.03. The zero-order valence-electron chi connectivity index (χ0n) is 17.6. The molecule has 6 nitrogen and oxygen atoms in total. The van der Waals surface area contributed by atoms with E-state index < -0.39 is 17.8 Å². The number of nitrogens with one attached hydrogen (secondary N) is 1. The molecule has 2 aromatic carbocycles. The summed E-state index contributed by atoms with van der Waals surface area (Å²) in [6.45, 7) is 5.88. The molecule has 4 rings (SSSR count). The third kappa shape index (κ3) is 3.83. The number of aryl methyl sites for hydroxylation is 2. The minimum Gasteiger partial charge on any atom is -0.318 e. The fraction of sp³-hybridized carbons (Fsp3) is 0.125. The lowest BCUT2D eigenvalue weighted by atomic mass is 10.1. The molecule has 4 amide bonds. The van der Waals surface area contributed by atoms with Gasteiger partial charge in [0.25, 0.3) is 11.8 Å². The number of carbonyl (C=O) groups excluding carboxylic acids is 3. The van der Waals surface area contributed by atoms with Crippen molar-refractivity contribution in [2.45, 2.75) is 20.8 Å². The van der Waals surface area contributed by atoms with Crippen molar-refractivity contribution in [1.29, 1.82) is 0 Å². The quantitative estimate of drug-likeness (QED) is 0.415. The van der Waals surface area contributed by atoms with Crippen LogP contribution in [-0.4, -0.2) is 22.4 Å². The maximum absolute atomic E-state index is 13.2. The van der Waals surface area contributed by atoms with Crippen molar-refractivity contribution >= 4 is 52.8 Å². The lowest BCUT2D eigenvalue weighted by Gasteiger charge is -2.26. The summed E-state index contributed by atoms with van der Waals surface area (Å²) in [6.07, 6.45) is 1.50. The zero-order chi connectivity index (χ0) is 23.2. The summed E-state index contributed by atoms with van der Waals surface area (Å²) < 4.78 is 2.05. The van der Waals surface area contributed by atoms with Gasteiger partial charge in [-0.1, -0.05) is 35.3 Å². The predicted molar refractivity (Wildman–Crippen MR) is 125 cm³/mol. The third-order valence-electron chi connectivity index (χ3n) is 5.29. The number of urea groups is 1. The first-order valence-electron chi connectivity index (χ1n) is 9.80. The Morgan fingerprint density at radius 1 is 0.875 bits per heavy atom. The number of aromatic nitrogens is 1. The van der Waals surface area contributed by atoms with Crippen LogP contribution in [0.2, 0.25) is 10.0 Å². The molecule has 0 spiro atoms. The number of benzene rings is 2. The molecule has 1 aliphatic heterocycles. The smallest absolute Gasteiger partial charge is 0.318 e. The molecule has 1 N–H and O–H groups in total. The molecule has 0 aliphatic carbocycles. The van der Waals surface area contributed by atoms with E-state index in [9.17, 15) is 14.4 Å². The molecule has 0 bridgehead atoms. The number of imide groups is 2. The highest BCUT2D eigenvalue weighted by atomic mass is 35.5. The molecule has 0 radical (unpaired) electrons. The van der Waals surface area contributed by atoms with Crippen LogP contribution in [0.5, 0.6) is 0 Å². The number of carbonyl (C=O) groups is 3. The van der Waals surface area contributed by atoms with Crippen LogP contribution >= 0.6 is 23.2 Å².